The molecule has 1 aromatic rings. The molecule has 0 aliphatic heterocycles. The second-order valence-electron chi connectivity index (χ2n) is 4.65. The van der Waals surface area contributed by atoms with Gasteiger partial charge in [0.2, 0.25) is 0 Å². The van der Waals surface area contributed by atoms with E-state index in [0.717, 1.165) is 12.2 Å². The van der Waals surface area contributed by atoms with E-state index >= 15 is 0 Å². The predicted octanol–water partition coefficient (Wildman–Crippen LogP) is 2.89. The fourth-order valence-corrected chi connectivity index (χ4v) is 1.71. The summed E-state index contributed by atoms with van der Waals surface area (Å²) < 4.78 is 0. The van der Waals surface area contributed by atoms with E-state index in [9.17, 15) is 4.79 Å². The summed E-state index contributed by atoms with van der Waals surface area (Å²) in [6.07, 6.45) is 0. The van der Waals surface area contributed by atoms with Crippen LogP contribution >= 0.6 is 0 Å². The van der Waals surface area contributed by atoms with Gasteiger partial charge in [-0.1, -0.05) is 19.1 Å². The summed E-state index contributed by atoms with van der Waals surface area (Å²) in [5.41, 5.74) is 2.02. The van der Waals surface area contributed by atoms with E-state index in [2.05, 4.69) is 29.8 Å². The summed E-state index contributed by atoms with van der Waals surface area (Å²) in [7, 11) is 0. The molecule has 0 radical (unpaired) electrons. The van der Waals surface area contributed by atoms with Crippen molar-refractivity contribution in [3.8, 4) is 0 Å². The summed E-state index contributed by atoms with van der Waals surface area (Å²) in [5.74, 6) is 0. The zero-order valence-electron chi connectivity index (χ0n) is 11.6. The summed E-state index contributed by atoms with van der Waals surface area (Å²) in [6, 6.07) is 8.19. The minimum Gasteiger partial charge on any atom is -0.336 e. The zero-order valence-corrected chi connectivity index (χ0v) is 11.6. The lowest BCUT2D eigenvalue weighted by atomic mass is 10.1. The number of benzene rings is 1. The molecule has 3 N–H and O–H groups in total. The van der Waals surface area contributed by atoms with Crippen molar-refractivity contribution in [2.75, 3.05) is 11.9 Å². The molecule has 0 saturated heterocycles. The molecule has 0 saturated carbocycles. The van der Waals surface area contributed by atoms with E-state index in [1.807, 2.05) is 38.1 Å². The Kier molecular flexibility index (Phi) is 5.65. The fourth-order valence-electron chi connectivity index (χ4n) is 1.71. The van der Waals surface area contributed by atoms with Crippen molar-refractivity contribution in [3.63, 3.8) is 0 Å². The quantitative estimate of drug-likeness (QED) is 0.751. The number of urea groups is 1. The van der Waals surface area contributed by atoms with Crippen molar-refractivity contribution < 1.29 is 4.79 Å². The highest BCUT2D eigenvalue weighted by Crippen LogP contribution is 2.15. The van der Waals surface area contributed by atoms with Gasteiger partial charge in [0.25, 0.3) is 0 Å². The van der Waals surface area contributed by atoms with Crippen LogP contribution in [0.2, 0.25) is 0 Å². The van der Waals surface area contributed by atoms with Crippen LogP contribution in [-0.2, 0) is 0 Å². The van der Waals surface area contributed by atoms with Crippen LogP contribution in [0.1, 0.15) is 39.3 Å². The minimum atomic E-state index is -0.169. The van der Waals surface area contributed by atoms with E-state index in [4.69, 9.17) is 0 Å². The lowest BCUT2D eigenvalue weighted by Gasteiger charge is -2.14. The van der Waals surface area contributed by atoms with Crippen molar-refractivity contribution in [1.82, 2.24) is 10.6 Å². The first-order valence-electron chi connectivity index (χ1n) is 6.43. The van der Waals surface area contributed by atoms with Crippen LogP contribution < -0.4 is 16.0 Å². The third-order valence-electron chi connectivity index (χ3n) is 2.60. The maximum absolute atomic E-state index is 11.5. The molecule has 0 aromatic heterocycles. The summed E-state index contributed by atoms with van der Waals surface area (Å²) in [4.78, 5) is 11.5. The highest BCUT2D eigenvalue weighted by atomic mass is 16.2. The van der Waals surface area contributed by atoms with Gasteiger partial charge in [-0.3, -0.25) is 0 Å². The molecule has 0 aliphatic rings. The molecule has 1 atom stereocenters. The van der Waals surface area contributed by atoms with Crippen LogP contribution in [0.25, 0.3) is 0 Å². The smallest absolute Gasteiger partial charge is 0.319 e. The minimum absolute atomic E-state index is 0.137. The SMILES string of the molecule is CCNC(C)c1ccc(NC(=O)NC(C)C)cc1. The number of amides is 2. The Bertz CT molecular complexity index is 373. The number of rotatable bonds is 5. The first kappa shape index (κ1) is 14.5. The Balaban J connectivity index is 2.57. The van der Waals surface area contributed by atoms with Crippen LogP contribution in [-0.4, -0.2) is 18.6 Å². The molecule has 1 aromatic carbocycles. The van der Waals surface area contributed by atoms with E-state index in [-0.39, 0.29) is 12.1 Å². The second-order valence-corrected chi connectivity index (χ2v) is 4.65. The zero-order chi connectivity index (χ0) is 13.5. The van der Waals surface area contributed by atoms with Crippen LogP contribution in [0.3, 0.4) is 0 Å². The molecule has 0 fully saturated rings. The summed E-state index contributed by atoms with van der Waals surface area (Å²) >= 11 is 0. The Labute approximate surface area is 109 Å². The average Bonchev–Trinajstić information content (AvgIpc) is 2.29. The van der Waals surface area contributed by atoms with Gasteiger partial charge in [-0.15, -0.1) is 0 Å². The van der Waals surface area contributed by atoms with Crippen LogP contribution in [0.15, 0.2) is 24.3 Å². The molecule has 18 heavy (non-hydrogen) atoms. The Morgan fingerprint density at radius 2 is 1.78 bits per heavy atom. The second kappa shape index (κ2) is 7.01. The van der Waals surface area contributed by atoms with Gasteiger partial charge in [-0.2, -0.15) is 0 Å². The number of carbonyl (C=O) groups excluding carboxylic acids is 1. The van der Waals surface area contributed by atoms with Gasteiger partial charge in [0, 0.05) is 17.8 Å². The maximum atomic E-state index is 11.5. The van der Waals surface area contributed by atoms with Crippen molar-refractivity contribution in [2.24, 2.45) is 0 Å². The summed E-state index contributed by atoms with van der Waals surface area (Å²) in [6.45, 7) is 9.01. The van der Waals surface area contributed by atoms with E-state index in [1.165, 1.54) is 5.56 Å². The molecule has 1 rings (SSSR count). The standard InChI is InChI=1S/C14H23N3O/c1-5-15-11(4)12-6-8-13(9-7-12)17-14(18)16-10(2)3/h6-11,15H,5H2,1-4H3,(H2,16,17,18). The predicted molar refractivity (Wildman–Crippen MR) is 75.8 cm³/mol. The van der Waals surface area contributed by atoms with Gasteiger partial charge >= 0.3 is 6.03 Å². The highest BCUT2D eigenvalue weighted by Gasteiger charge is 2.05. The molecule has 0 aliphatic carbocycles. The first-order valence-corrected chi connectivity index (χ1v) is 6.43. The normalized spacial score (nSPS) is 12.3. The molecule has 100 valence electrons. The number of nitrogens with one attached hydrogen (secondary N) is 3. The lowest BCUT2D eigenvalue weighted by Crippen LogP contribution is -2.34. The number of hydrogen-bond acceptors (Lipinski definition) is 2. The molecular weight excluding hydrogens is 226 g/mol. The van der Waals surface area contributed by atoms with Gasteiger partial charge < -0.3 is 16.0 Å². The van der Waals surface area contributed by atoms with Crippen LogP contribution in [0, 0.1) is 0 Å². The third-order valence-corrected chi connectivity index (χ3v) is 2.60. The monoisotopic (exact) mass is 249 g/mol. The highest BCUT2D eigenvalue weighted by molar-refractivity contribution is 5.89. The van der Waals surface area contributed by atoms with Crippen LogP contribution in [0.5, 0.6) is 0 Å². The largest absolute Gasteiger partial charge is 0.336 e. The number of carbonyl (C=O) groups is 1. The van der Waals surface area contributed by atoms with E-state index in [1.54, 1.807) is 0 Å². The number of hydrogen-bond donors (Lipinski definition) is 3. The van der Waals surface area contributed by atoms with Crippen molar-refractivity contribution in [1.29, 1.82) is 0 Å². The Morgan fingerprint density at radius 3 is 2.28 bits per heavy atom. The van der Waals surface area contributed by atoms with Crippen molar-refractivity contribution in [3.05, 3.63) is 29.8 Å². The Hall–Kier alpha value is -1.55. The van der Waals surface area contributed by atoms with Gasteiger partial charge in [-0.25, -0.2) is 4.79 Å². The van der Waals surface area contributed by atoms with Gasteiger partial charge in [0.15, 0.2) is 0 Å². The number of anilines is 1. The van der Waals surface area contributed by atoms with Crippen molar-refractivity contribution >= 4 is 11.7 Å². The molecule has 0 spiro atoms. The van der Waals surface area contributed by atoms with Crippen LogP contribution in [0.4, 0.5) is 10.5 Å². The Morgan fingerprint density at radius 1 is 1.17 bits per heavy atom. The molecule has 0 heterocycles. The average molecular weight is 249 g/mol. The molecule has 4 nitrogen and oxygen atoms in total. The van der Waals surface area contributed by atoms with Gasteiger partial charge in [-0.05, 0) is 45.0 Å². The van der Waals surface area contributed by atoms with Crippen molar-refractivity contribution in [2.45, 2.75) is 39.8 Å². The first-order chi connectivity index (χ1) is 8.52. The molecular formula is C14H23N3O. The third kappa shape index (κ3) is 4.75. The van der Waals surface area contributed by atoms with E-state index < -0.39 is 0 Å². The topological polar surface area (TPSA) is 53.2 Å². The van der Waals surface area contributed by atoms with E-state index in [0.29, 0.717) is 6.04 Å². The fraction of sp³-hybridized carbons (Fsp3) is 0.500. The van der Waals surface area contributed by atoms with Gasteiger partial charge in [0.1, 0.15) is 0 Å². The molecule has 1 unspecified atom stereocenters. The molecule has 4 heteroatoms. The molecule has 0 bridgehead atoms. The van der Waals surface area contributed by atoms with Gasteiger partial charge in [0.05, 0.1) is 0 Å². The lowest BCUT2D eigenvalue weighted by molar-refractivity contribution is 0.250. The summed E-state index contributed by atoms with van der Waals surface area (Å²) in [5, 5.41) is 8.94. The maximum Gasteiger partial charge on any atom is 0.319 e. The molecule has 2 amide bonds.